The van der Waals surface area contributed by atoms with E-state index in [1.54, 1.807) is 19.2 Å². The highest BCUT2D eigenvalue weighted by molar-refractivity contribution is 7.91. The number of nitrogens with one attached hydrogen (secondary N) is 3. The Morgan fingerprint density at radius 1 is 0.966 bits per heavy atom. The summed E-state index contributed by atoms with van der Waals surface area (Å²) in [5.74, 6) is -2.99. The number of unbranched alkanes of at least 4 members (excludes halogenated alkanes) is 2. The highest BCUT2D eigenvalue weighted by Gasteiger charge is 2.62. The third kappa shape index (κ3) is 10.0. The predicted octanol–water partition coefficient (Wildman–Crippen LogP) is 4.86. The molecule has 0 aromatic heterocycles. The number of halogens is 1. The van der Waals surface area contributed by atoms with E-state index in [0.29, 0.717) is 62.7 Å². The van der Waals surface area contributed by atoms with Crippen LogP contribution in [0.3, 0.4) is 0 Å². The number of ether oxygens (including phenoxy) is 3. The molecule has 3 N–H and O–H groups in total. The third-order valence-electron chi connectivity index (χ3n) is 12.8. The number of amides is 5. The first-order valence-electron chi connectivity index (χ1n) is 21.4. The van der Waals surface area contributed by atoms with E-state index >= 15 is 4.79 Å². The maximum absolute atomic E-state index is 15.1. The van der Waals surface area contributed by atoms with Crippen LogP contribution in [0.25, 0.3) is 0 Å². The minimum absolute atomic E-state index is 0.00674. The Kier molecular flexibility index (Phi) is 13.5. The van der Waals surface area contributed by atoms with Crippen molar-refractivity contribution in [3.63, 3.8) is 0 Å². The fraction of sp³-hybridized carbons (Fsp3) is 0.690. The van der Waals surface area contributed by atoms with Crippen molar-refractivity contribution in [2.24, 2.45) is 5.92 Å². The van der Waals surface area contributed by atoms with E-state index < -0.39 is 86.7 Å². The SMILES string of the molecule is COCCCCC[C@H]1[C@H](OC(=O)N2Cc3cccc(F)c3C2)CC2C(=O)NC3(C(=O)NS(=O)(=O)C4CC4)CC3/C=C\CCCCCC(NC(=O)OC3CCCC3)C(=O)N21. The first kappa shape index (κ1) is 42.9. The van der Waals surface area contributed by atoms with Gasteiger partial charge in [0, 0.05) is 38.2 Å². The molecule has 4 fully saturated rings. The van der Waals surface area contributed by atoms with Crippen molar-refractivity contribution >= 4 is 39.9 Å². The molecule has 6 aliphatic rings. The monoisotopic (exact) mass is 843 g/mol. The van der Waals surface area contributed by atoms with Crippen LogP contribution in [-0.2, 0) is 51.7 Å². The topological polar surface area (TPSA) is 190 Å². The third-order valence-corrected chi connectivity index (χ3v) is 14.6. The van der Waals surface area contributed by atoms with E-state index in [4.69, 9.17) is 14.2 Å². The Morgan fingerprint density at radius 3 is 2.49 bits per heavy atom. The van der Waals surface area contributed by atoms with Crippen molar-refractivity contribution in [3.8, 4) is 0 Å². The summed E-state index contributed by atoms with van der Waals surface area (Å²) in [6.45, 7) is 0.639. The zero-order valence-electron chi connectivity index (χ0n) is 33.8. The molecule has 0 spiro atoms. The molecule has 15 nitrogen and oxygen atoms in total. The molecule has 4 unspecified atom stereocenters. The fourth-order valence-electron chi connectivity index (χ4n) is 9.18. The van der Waals surface area contributed by atoms with Crippen molar-refractivity contribution in [2.45, 2.75) is 163 Å². The van der Waals surface area contributed by atoms with Gasteiger partial charge in [-0.15, -0.1) is 0 Å². The van der Waals surface area contributed by atoms with Crippen molar-refractivity contribution in [1.29, 1.82) is 0 Å². The van der Waals surface area contributed by atoms with Gasteiger partial charge in [0.15, 0.2) is 0 Å². The molecule has 1 aromatic rings. The number of rotatable bonds is 12. The highest BCUT2D eigenvalue weighted by atomic mass is 32.2. The summed E-state index contributed by atoms with van der Waals surface area (Å²) in [7, 11) is -2.34. The van der Waals surface area contributed by atoms with Gasteiger partial charge in [0.05, 0.1) is 17.8 Å². The summed E-state index contributed by atoms with van der Waals surface area (Å²) < 4.78 is 60.0. The number of sulfonamides is 1. The molecular formula is C42H58FN5O10S. The first-order valence-corrected chi connectivity index (χ1v) is 23.0. The average molecular weight is 844 g/mol. The molecular weight excluding hydrogens is 786 g/mol. The van der Waals surface area contributed by atoms with Gasteiger partial charge < -0.3 is 29.7 Å². The van der Waals surface area contributed by atoms with Crippen molar-refractivity contribution < 1.29 is 51.0 Å². The average Bonchev–Trinajstić information content (AvgIpc) is 4.01. The summed E-state index contributed by atoms with van der Waals surface area (Å²) >= 11 is 0. The van der Waals surface area contributed by atoms with Gasteiger partial charge in [0.25, 0.3) is 5.91 Å². The molecule has 6 atom stereocenters. The minimum Gasteiger partial charge on any atom is -0.446 e. The van der Waals surface area contributed by atoms with Gasteiger partial charge in [0.2, 0.25) is 21.8 Å². The van der Waals surface area contributed by atoms with E-state index in [1.165, 1.54) is 15.9 Å². The molecule has 324 valence electrons. The molecule has 1 saturated heterocycles. The normalized spacial score (nSPS) is 29.3. The van der Waals surface area contributed by atoms with Crippen LogP contribution in [0, 0.1) is 11.7 Å². The van der Waals surface area contributed by atoms with Gasteiger partial charge in [-0.1, -0.05) is 50.0 Å². The molecule has 5 amide bonds. The first-order chi connectivity index (χ1) is 28.4. The van der Waals surface area contributed by atoms with Crippen LogP contribution in [0.1, 0.15) is 120 Å². The molecule has 59 heavy (non-hydrogen) atoms. The molecule has 3 aliphatic heterocycles. The Labute approximate surface area is 345 Å². The Balaban J connectivity index is 1.20. The molecule has 3 aliphatic carbocycles. The maximum Gasteiger partial charge on any atom is 0.410 e. The lowest BCUT2D eigenvalue weighted by Crippen LogP contribution is -2.59. The van der Waals surface area contributed by atoms with Crippen molar-refractivity contribution in [3.05, 3.63) is 47.3 Å². The molecule has 3 saturated carbocycles. The maximum atomic E-state index is 15.1. The standard InChI is InChI=1S/C42H58FN5O10S/c1-56-22-11-5-8-19-34-36(58-41(53)47-25-27-13-12-17-32(43)31(27)26-47)23-35-37(49)45-42(39(51)46-59(54,55)30-20-21-30)24-28(42)14-6-3-2-4-7-18-33(38(50)48(34)35)44-40(52)57-29-15-9-10-16-29/h6,12-14,17,28-30,33-36H,2-5,7-11,15-16,18-26H2,1H3,(H,44,52)(H,45,49)(H,46,51)/b14-6-/t28?,33?,34-,35?,36+,42?/m0/s1. The number of carbonyl (C=O) groups excluding carboxylic acids is 5. The number of methoxy groups -OCH3 is 1. The molecule has 0 bridgehead atoms. The summed E-state index contributed by atoms with van der Waals surface area (Å²) in [5.41, 5.74) is -0.529. The number of fused-ring (bicyclic) bond motifs is 3. The molecule has 0 radical (unpaired) electrons. The van der Waals surface area contributed by atoms with Crippen molar-refractivity contribution in [2.75, 3.05) is 13.7 Å². The summed E-state index contributed by atoms with van der Waals surface area (Å²) in [5, 5.41) is 5.04. The molecule has 7 rings (SSSR count). The van der Waals surface area contributed by atoms with Crippen LogP contribution in [0.5, 0.6) is 0 Å². The Bertz CT molecular complexity index is 1890. The van der Waals surface area contributed by atoms with Gasteiger partial charge >= 0.3 is 12.2 Å². The van der Waals surface area contributed by atoms with Gasteiger partial charge in [-0.25, -0.2) is 22.4 Å². The molecule has 3 heterocycles. The second-order valence-electron chi connectivity index (χ2n) is 17.1. The van der Waals surface area contributed by atoms with E-state index in [-0.39, 0.29) is 38.5 Å². The number of alkyl carbamates (subject to hydrolysis) is 1. The smallest absolute Gasteiger partial charge is 0.410 e. The predicted molar refractivity (Wildman–Crippen MR) is 212 cm³/mol. The van der Waals surface area contributed by atoms with E-state index in [1.807, 2.05) is 12.2 Å². The number of hydrogen-bond acceptors (Lipinski definition) is 10. The zero-order valence-corrected chi connectivity index (χ0v) is 34.6. The van der Waals surface area contributed by atoms with Crippen LogP contribution in [0.4, 0.5) is 14.0 Å². The largest absolute Gasteiger partial charge is 0.446 e. The quantitative estimate of drug-likeness (QED) is 0.194. The minimum atomic E-state index is -3.95. The van der Waals surface area contributed by atoms with E-state index in [0.717, 1.165) is 44.9 Å². The molecule has 17 heteroatoms. The second-order valence-corrected chi connectivity index (χ2v) is 19.0. The summed E-state index contributed by atoms with van der Waals surface area (Å²) in [4.78, 5) is 73.8. The van der Waals surface area contributed by atoms with Gasteiger partial charge in [-0.2, -0.15) is 0 Å². The lowest BCUT2D eigenvalue weighted by Gasteiger charge is -2.35. The summed E-state index contributed by atoms with van der Waals surface area (Å²) in [6, 6.07) is 1.52. The van der Waals surface area contributed by atoms with Crippen molar-refractivity contribution in [1.82, 2.24) is 25.2 Å². The van der Waals surface area contributed by atoms with Gasteiger partial charge in [-0.3, -0.25) is 24.0 Å². The van der Waals surface area contributed by atoms with Crippen LogP contribution in [0.2, 0.25) is 0 Å². The van der Waals surface area contributed by atoms with Gasteiger partial charge in [0.1, 0.15) is 35.6 Å². The fourth-order valence-corrected chi connectivity index (χ4v) is 10.5. The zero-order chi connectivity index (χ0) is 41.7. The van der Waals surface area contributed by atoms with Gasteiger partial charge in [-0.05, 0) is 88.7 Å². The van der Waals surface area contributed by atoms with Crippen LogP contribution in [-0.4, -0.2) is 103 Å². The number of carbonyl (C=O) groups is 5. The van der Waals surface area contributed by atoms with Crippen LogP contribution >= 0.6 is 0 Å². The summed E-state index contributed by atoms with van der Waals surface area (Å²) in [6.07, 6.45) is 10.7. The lowest BCUT2D eigenvalue weighted by atomic mass is 10.0. The van der Waals surface area contributed by atoms with Crippen LogP contribution in [0.15, 0.2) is 30.4 Å². The second kappa shape index (κ2) is 18.6. The van der Waals surface area contributed by atoms with Crippen LogP contribution < -0.4 is 15.4 Å². The van der Waals surface area contributed by atoms with E-state index in [9.17, 15) is 32.0 Å². The number of nitrogens with zero attached hydrogens (tertiary/aromatic N) is 2. The number of hydrogen-bond donors (Lipinski definition) is 3. The molecule has 1 aromatic carbocycles. The highest BCUT2D eigenvalue weighted by Crippen LogP contribution is 2.46. The Morgan fingerprint density at radius 2 is 1.75 bits per heavy atom. The number of allylic oxidation sites excluding steroid dienone is 1. The number of benzene rings is 1. The lowest BCUT2D eigenvalue weighted by molar-refractivity contribution is -0.143. The van der Waals surface area contributed by atoms with E-state index in [2.05, 4.69) is 15.4 Å². The Hall–Kier alpha value is -4.25.